The van der Waals surface area contributed by atoms with Gasteiger partial charge in [0.05, 0.1) is 22.4 Å². The van der Waals surface area contributed by atoms with Crippen molar-refractivity contribution in [2.24, 2.45) is 0 Å². The third-order valence-corrected chi connectivity index (χ3v) is 11.1. The van der Waals surface area contributed by atoms with Crippen LogP contribution >= 0.6 is 0 Å². The number of rotatable bonds is 4. The largest absolute Gasteiger partial charge is 0.497 e. The smallest absolute Gasteiger partial charge is 0.399 e. The van der Waals surface area contributed by atoms with E-state index in [0.29, 0.717) is 0 Å². The van der Waals surface area contributed by atoms with Gasteiger partial charge in [-0.05, 0) is 116 Å². The third-order valence-electron chi connectivity index (χ3n) is 11.1. The van der Waals surface area contributed by atoms with Gasteiger partial charge in [-0.1, -0.05) is 90.1 Å². The van der Waals surface area contributed by atoms with Crippen molar-refractivity contribution in [3.05, 3.63) is 107 Å². The van der Waals surface area contributed by atoms with Crippen LogP contribution < -0.4 is 5.46 Å². The van der Waals surface area contributed by atoms with Crippen molar-refractivity contribution in [1.82, 2.24) is 9.97 Å². The summed E-state index contributed by atoms with van der Waals surface area (Å²) in [7, 11) is -0.482. The fourth-order valence-corrected chi connectivity index (χ4v) is 7.21. The number of hydrogen-bond donors (Lipinski definition) is 1. The van der Waals surface area contributed by atoms with E-state index in [0.717, 1.165) is 38.9 Å². The maximum absolute atomic E-state index is 6.68. The van der Waals surface area contributed by atoms with Crippen LogP contribution in [0.25, 0.3) is 55.3 Å². The molecule has 50 heavy (non-hydrogen) atoms. The fourth-order valence-electron chi connectivity index (χ4n) is 7.21. The van der Waals surface area contributed by atoms with E-state index in [1.54, 1.807) is 0 Å². The lowest BCUT2D eigenvalue weighted by Gasteiger charge is -2.32. The van der Waals surface area contributed by atoms with E-state index in [9.17, 15) is 0 Å². The lowest BCUT2D eigenvalue weighted by atomic mass is 9.74. The number of H-pyrrole nitrogens is 1. The summed E-state index contributed by atoms with van der Waals surface area (Å²) in [6, 6.07) is 29.0. The molecule has 256 valence electrons. The molecule has 1 aliphatic rings. The van der Waals surface area contributed by atoms with Gasteiger partial charge in [-0.15, -0.1) is 0 Å². The van der Waals surface area contributed by atoms with Gasteiger partial charge < -0.3 is 14.3 Å². The first-order chi connectivity index (χ1) is 23.3. The lowest BCUT2D eigenvalue weighted by molar-refractivity contribution is 0.00578. The zero-order valence-electron chi connectivity index (χ0n) is 31.9. The molecule has 4 aromatic carbocycles. The molecule has 0 aliphatic carbocycles. The van der Waals surface area contributed by atoms with Crippen LogP contribution in [0.1, 0.15) is 91.5 Å². The highest BCUT2D eigenvalue weighted by atomic mass is 16.7. The van der Waals surface area contributed by atoms with Crippen molar-refractivity contribution in [1.29, 1.82) is 0 Å². The van der Waals surface area contributed by atoms with Crippen LogP contribution in [0, 0.1) is 13.8 Å². The zero-order valence-corrected chi connectivity index (χ0v) is 31.9. The summed E-state index contributed by atoms with van der Waals surface area (Å²) in [6.07, 6.45) is 2.01. The molecule has 7 rings (SSSR count). The summed E-state index contributed by atoms with van der Waals surface area (Å²) >= 11 is 0. The highest BCUT2D eigenvalue weighted by Crippen LogP contribution is 2.42. The van der Waals surface area contributed by atoms with E-state index in [-0.39, 0.29) is 10.8 Å². The number of nitrogens with zero attached hydrogens (tertiary/aromatic N) is 1. The minimum absolute atomic E-state index is 0.0502. The van der Waals surface area contributed by atoms with Crippen LogP contribution in [0.2, 0.25) is 0 Å². The van der Waals surface area contributed by atoms with Crippen molar-refractivity contribution < 1.29 is 9.31 Å². The van der Waals surface area contributed by atoms with Crippen molar-refractivity contribution in [2.75, 3.05) is 0 Å². The molecule has 0 spiro atoms. The minimum atomic E-state index is -0.482. The molecule has 1 saturated heterocycles. The van der Waals surface area contributed by atoms with Crippen molar-refractivity contribution in [2.45, 2.75) is 105 Å². The van der Waals surface area contributed by atoms with Crippen LogP contribution in [0.3, 0.4) is 0 Å². The molecule has 0 atom stereocenters. The topological polar surface area (TPSA) is 47.1 Å². The second-order valence-electron chi connectivity index (χ2n) is 17.4. The van der Waals surface area contributed by atoms with E-state index in [2.05, 4.69) is 167 Å². The molecular weight excluding hydrogens is 611 g/mol. The van der Waals surface area contributed by atoms with Gasteiger partial charge in [-0.3, -0.25) is 4.98 Å². The Morgan fingerprint density at radius 1 is 0.620 bits per heavy atom. The zero-order chi connectivity index (χ0) is 36.0. The number of fused-ring (bicyclic) bond motifs is 3. The normalized spacial score (nSPS) is 16.1. The number of nitrogens with one attached hydrogen (secondary N) is 1. The minimum Gasteiger partial charge on any atom is -0.399 e. The predicted molar refractivity (Wildman–Crippen MR) is 212 cm³/mol. The summed E-state index contributed by atoms with van der Waals surface area (Å²) in [5.74, 6) is 0. The monoisotopic (exact) mass is 662 g/mol. The Hall–Kier alpha value is -4.19. The van der Waals surface area contributed by atoms with E-state index in [1.165, 1.54) is 44.2 Å². The summed E-state index contributed by atoms with van der Waals surface area (Å²) < 4.78 is 13.4. The van der Waals surface area contributed by atoms with Gasteiger partial charge in [-0.2, -0.15) is 0 Å². The summed E-state index contributed by atoms with van der Waals surface area (Å²) in [6.45, 7) is 26.5. The molecule has 0 radical (unpaired) electrons. The van der Waals surface area contributed by atoms with E-state index < -0.39 is 18.3 Å². The molecule has 0 bridgehead atoms. The van der Waals surface area contributed by atoms with Gasteiger partial charge in [-0.25, -0.2) is 0 Å². The molecule has 5 heteroatoms. The quantitative estimate of drug-likeness (QED) is 0.191. The number of hydrogen-bond acceptors (Lipinski definition) is 3. The number of aryl methyl sites for hydroxylation is 2. The predicted octanol–water partition coefficient (Wildman–Crippen LogP) is 11.2. The average Bonchev–Trinajstić information content (AvgIpc) is 3.52. The molecule has 4 nitrogen and oxygen atoms in total. The summed E-state index contributed by atoms with van der Waals surface area (Å²) in [5, 5.41) is 2.41. The van der Waals surface area contributed by atoms with Crippen molar-refractivity contribution >= 4 is 34.4 Å². The van der Waals surface area contributed by atoms with Gasteiger partial charge in [0.1, 0.15) is 0 Å². The fraction of sp³-hybridized carbons (Fsp3) is 0.356. The number of aromatic amines is 1. The first-order valence-electron chi connectivity index (χ1n) is 18.0. The summed E-state index contributed by atoms with van der Waals surface area (Å²) in [4.78, 5) is 8.89. The lowest BCUT2D eigenvalue weighted by Crippen LogP contribution is -2.41. The third kappa shape index (κ3) is 5.89. The van der Waals surface area contributed by atoms with Gasteiger partial charge in [0.2, 0.25) is 0 Å². The Morgan fingerprint density at radius 2 is 1.18 bits per heavy atom. The average molecular weight is 663 g/mol. The summed E-state index contributed by atoms with van der Waals surface area (Å²) in [5.41, 5.74) is 14.1. The second kappa shape index (κ2) is 11.7. The van der Waals surface area contributed by atoms with Gasteiger partial charge >= 0.3 is 7.12 Å². The SMILES string of the molecule is Cc1cccc(C)c1-c1ccc(-c2cccc(-c3cc(C(C)(C)C)cc4c3[nH]c3c(B5OC(C)(C)C(C)(C)O5)cc(C(C)(C)C)cc34)c2)nc1. The molecule has 6 aromatic rings. The first kappa shape index (κ1) is 34.3. The van der Waals surface area contributed by atoms with Crippen molar-refractivity contribution in [3.8, 4) is 33.5 Å². The highest BCUT2D eigenvalue weighted by molar-refractivity contribution is 6.65. The molecule has 3 heterocycles. The number of pyridine rings is 1. The Labute approximate surface area is 298 Å². The maximum atomic E-state index is 6.68. The van der Waals surface area contributed by atoms with Gasteiger partial charge in [0, 0.05) is 44.6 Å². The standard InChI is InChI=1S/C45H51BN2O2/c1-27-15-13-16-28(2)39(27)31-19-20-38(47-26-31)30-18-14-17-29(21-30)34-22-32(42(3,4)5)23-35-36-24-33(43(6,7)8)25-37(41(36)48-40(34)35)46-49-44(9,10)45(11,12)50-46/h13-26,48H,1-12H3. The van der Waals surface area contributed by atoms with E-state index in [4.69, 9.17) is 14.3 Å². The number of benzene rings is 4. The van der Waals surface area contributed by atoms with Crippen molar-refractivity contribution in [3.63, 3.8) is 0 Å². The van der Waals surface area contributed by atoms with E-state index in [1.807, 2.05) is 6.20 Å². The first-order valence-corrected chi connectivity index (χ1v) is 18.0. The molecule has 2 aromatic heterocycles. The van der Waals surface area contributed by atoms with Crippen LogP contribution in [0.4, 0.5) is 0 Å². The molecule has 0 unspecified atom stereocenters. The maximum Gasteiger partial charge on any atom is 0.497 e. The van der Waals surface area contributed by atoms with E-state index >= 15 is 0 Å². The molecule has 1 N–H and O–H groups in total. The molecule has 0 saturated carbocycles. The Bertz CT molecular complexity index is 2230. The molecule has 1 aliphatic heterocycles. The second-order valence-corrected chi connectivity index (χ2v) is 17.4. The molecular formula is C45H51BN2O2. The Balaban J connectivity index is 1.42. The Morgan fingerprint density at radius 3 is 1.76 bits per heavy atom. The highest BCUT2D eigenvalue weighted by Gasteiger charge is 2.52. The van der Waals surface area contributed by atoms with Crippen LogP contribution in [-0.2, 0) is 20.1 Å². The van der Waals surface area contributed by atoms with Crippen LogP contribution in [0.15, 0.2) is 85.1 Å². The van der Waals surface area contributed by atoms with Crippen LogP contribution in [-0.4, -0.2) is 28.3 Å². The molecule has 0 amide bonds. The van der Waals surface area contributed by atoms with Crippen LogP contribution in [0.5, 0.6) is 0 Å². The van der Waals surface area contributed by atoms with Gasteiger partial charge in [0.15, 0.2) is 0 Å². The number of aromatic nitrogens is 2. The van der Waals surface area contributed by atoms with Gasteiger partial charge in [0.25, 0.3) is 0 Å². The molecule has 1 fully saturated rings. The Kier molecular flexibility index (Phi) is 8.01.